The van der Waals surface area contributed by atoms with Gasteiger partial charge in [-0.05, 0) is 30.5 Å². The molecule has 0 N–H and O–H groups in total. The highest BCUT2D eigenvalue weighted by Crippen LogP contribution is 2.32. The molecule has 0 aromatic heterocycles. The van der Waals surface area contributed by atoms with Crippen LogP contribution < -0.4 is 0 Å². The number of unbranched alkanes of at least 4 members (excludes halogenated alkanes) is 1. The zero-order valence-corrected chi connectivity index (χ0v) is 9.76. The fourth-order valence-electron chi connectivity index (χ4n) is 1.43. The molecule has 1 nitrogen and oxygen atoms in total. The number of rotatable bonds is 5. The molecule has 0 saturated heterocycles. The van der Waals surface area contributed by atoms with Gasteiger partial charge in [-0.2, -0.15) is 13.2 Å². The van der Waals surface area contributed by atoms with Crippen LogP contribution in [0.2, 0.25) is 0 Å². The second-order valence-electron chi connectivity index (χ2n) is 3.68. The molecule has 0 radical (unpaired) electrons. The van der Waals surface area contributed by atoms with E-state index in [4.69, 9.17) is 11.6 Å². The molecule has 1 atom stereocenters. The van der Waals surface area contributed by atoms with Gasteiger partial charge in [-0.25, -0.2) is 0 Å². The van der Waals surface area contributed by atoms with Crippen LogP contribution in [0.1, 0.15) is 35.8 Å². The minimum absolute atomic E-state index is 0.350. The maximum absolute atomic E-state index is 12.3. The normalized spacial score (nSPS) is 13.4. The highest BCUT2D eigenvalue weighted by Gasteiger charge is 2.30. The molecule has 1 unspecified atom stereocenters. The van der Waals surface area contributed by atoms with Crippen molar-refractivity contribution in [1.82, 2.24) is 0 Å². The Bertz CT molecular complexity index is 359. The smallest absolute Gasteiger partial charge is 0.303 e. The number of hydrogen-bond donors (Lipinski definition) is 0. The molecule has 0 aliphatic carbocycles. The Morgan fingerprint density at radius 2 is 1.82 bits per heavy atom. The summed E-state index contributed by atoms with van der Waals surface area (Å²) in [5, 5.41) is -0.350. The van der Waals surface area contributed by atoms with E-state index in [1.807, 2.05) is 0 Å². The highest BCUT2D eigenvalue weighted by atomic mass is 35.5. The number of carbonyl (C=O) groups is 1. The molecule has 0 saturated carbocycles. The number of aldehydes is 1. The van der Waals surface area contributed by atoms with Crippen molar-refractivity contribution < 1.29 is 18.0 Å². The SMILES string of the molecule is O=CCCCC(Cl)c1ccc(C(F)(F)F)cc1. The monoisotopic (exact) mass is 264 g/mol. The largest absolute Gasteiger partial charge is 0.416 e. The summed E-state index contributed by atoms with van der Waals surface area (Å²) in [7, 11) is 0. The summed E-state index contributed by atoms with van der Waals surface area (Å²) in [5.74, 6) is 0. The van der Waals surface area contributed by atoms with Crippen molar-refractivity contribution in [3.8, 4) is 0 Å². The lowest BCUT2D eigenvalue weighted by molar-refractivity contribution is -0.137. The van der Waals surface area contributed by atoms with Gasteiger partial charge >= 0.3 is 6.18 Å². The molecular weight excluding hydrogens is 253 g/mol. The van der Waals surface area contributed by atoms with E-state index in [9.17, 15) is 18.0 Å². The Labute approximate surface area is 103 Å². The Kier molecular flexibility index (Phi) is 5.00. The summed E-state index contributed by atoms with van der Waals surface area (Å²) in [5.41, 5.74) is -0.0384. The molecule has 1 aromatic carbocycles. The quantitative estimate of drug-likeness (QED) is 0.439. The van der Waals surface area contributed by atoms with Gasteiger partial charge in [-0.15, -0.1) is 11.6 Å². The number of hydrogen-bond acceptors (Lipinski definition) is 1. The maximum Gasteiger partial charge on any atom is 0.416 e. The lowest BCUT2D eigenvalue weighted by atomic mass is 10.0. The summed E-state index contributed by atoms with van der Waals surface area (Å²) in [6, 6.07) is 4.79. The fourth-order valence-corrected chi connectivity index (χ4v) is 1.73. The first-order chi connectivity index (χ1) is 7.95. The van der Waals surface area contributed by atoms with E-state index in [2.05, 4.69) is 0 Å². The van der Waals surface area contributed by atoms with Crippen molar-refractivity contribution in [2.75, 3.05) is 0 Å². The molecule has 1 aromatic rings. The molecule has 0 aliphatic heterocycles. The third kappa shape index (κ3) is 4.38. The van der Waals surface area contributed by atoms with Gasteiger partial charge in [0.15, 0.2) is 0 Å². The first-order valence-electron chi connectivity index (χ1n) is 5.20. The van der Waals surface area contributed by atoms with Crippen LogP contribution in [-0.4, -0.2) is 6.29 Å². The topological polar surface area (TPSA) is 17.1 Å². The highest BCUT2D eigenvalue weighted by molar-refractivity contribution is 6.20. The molecular formula is C12H12ClF3O. The standard InChI is InChI=1S/C12H12ClF3O/c13-11(3-1-2-8-17)9-4-6-10(7-5-9)12(14,15)16/h4-8,11H,1-3H2. The maximum atomic E-state index is 12.3. The van der Waals surface area contributed by atoms with Crippen molar-refractivity contribution in [3.05, 3.63) is 35.4 Å². The van der Waals surface area contributed by atoms with Crippen LogP contribution in [0.5, 0.6) is 0 Å². The van der Waals surface area contributed by atoms with Crippen molar-refractivity contribution in [2.24, 2.45) is 0 Å². The zero-order chi connectivity index (χ0) is 12.9. The van der Waals surface area contributed by atoms with Crippen LogP contribution in [0.15, 0.2) is 24.3 Å². The van der Waals surface area contributed by atoms with E-state index in [0.717, 1.165) is 18.4 Å². The summed E-state index contributed by atoms with van der Waals surface area (Å²) >= 11 is 6.01. The van der Waals surface area contributed by atoms with E-state index in [1.165, 1.54) is 12.1 Å². The van der Waals surface area contributed by atoms with E-state index in [0.29, 0.717) is 24.8 Å². The van der Waals surface area contributed by atoms with Gasteiger partial charge in [0.2, 0.25) is 0 Å². The third-order valence-electron chi connectivity index (χ3n) is 2.38. The van der Waals surface area contributed by atoms with Gasteiger partial charge < -0.3 is 4.79 Å². The van der Waals surface area contributed by atoms with Gasteiger partial charge in [0.1, 0.15) is 6.29 Å². The lowest BCUT2D eigenvalue weighted by Crippen LogP contribution is -2.04. The Morgan fingerprint density at radius 3 is 2.29 bits per heavy atom. The Hall–Kier alpha value is -1.03. The first kappa shape index (κ1) is 14.0. The molecule has 0 bridgehead atoms. The summed E-state index contributed by atoms with van der Waals surface area (Å²) < 4.78 is 36.9. The van der Waals surface area contributed by atoms with Crippen LogP contribution in [0.25, 0.3) is 0 Å². The van der Waals surface area contributed by atoms with Crippen LogP contribution in [0.3, 0.4) is 0 Å². The summed E-state index contributed by atoms with van der Waals surface area (Å²) in [6.07, 6.45) is -1.89. The van der Waals surface area contributed by atoms with Crippen LogP contribution in [0, 0.1) is 0 Å². The zero-order valence-electron chi connectivity index (χ0n) is 9.01. The van der Waals surface area contributed by atoms with Gasteiger partial charge in [0, 0.05) is 6.42 Å². The average molecular weight is 265 g/mol. The second kappa shape index (κ2) is 6.05. The molecule has 0 spiro atoms. The van der Waals surface area contributed by atoms with Crippen molar-refractivity contribution in [2.45, 2.75) is 30.8 Å². The number of benzene rings is 1. The predicted molar refractivity (Wildman–Crippen MR) is 60.0 cm³/mol. The Balaban J connectivity index is 2.64. The van der Waals surface area contributed by atoms with Crippen LogP contribution >= 0.6 is 11.6 Å². The minimum Gasteiger partial charge on any atom is -0.303 e. The van der Waals surface area contributed by atoms with Gasteiger partial charge in [0.05, 0.1) is 10.9 Å². The van der Waals surface area contributed by atoms with Gasteiger partial charge in [0.25, 0.3) is 0 Å². The minimum atomic E-state index is -4.32. The summed E-state index contributed by atoms with van der Waals surface area (Å²) in [4.78, 5) is 10.1. The summed E-state index contributed by atoms with van der Waals surface area (Å²) in [6.45, 7) is 0. The predicted octanol–water partition coefficient (Wildman–Crippen LogP) is 4.35. The molecule has 94 valence electrons. The molecule has 5 heteroatoms. The number of halogens is 4. The van der Waals surface area contributed by atoms with E-state index in [1.54, 1.807) is 0 Å². The number of alkyl halides is 4. The lowest BCUT2D eigenvalue weighted by Gasteiger charge is -2.11. The van der Waals surface area contributed by atoms with E-state index < -0.39 is 11.7 Å². The third-order valence-corrected chi connectivity index (χ3v) is 2.85. The van der Waals surface area contributed by atoms with E-state index in [-0.39, 0.29) is 5.38 Å². The van der Waals surface area contributed by atoms with Gasteiger partial charge in [-0.3, -0.25) is 0 Å². The molecule has 1 rings (SSSR count). The second-order valence-corrected chi connectivity index (χ2v) is 4.21. The molecule has 0 fully saturated rings. The van der Waals surface area contributed by atoms with Crippen molar-refractivity contribution in [1.29, 1.82) is 0 Å². The van der Waals surface area contributed by atoms with Gasteiger partial charge in [-0.1, -0.05) is 12.1 Å². The average Bonchev–Trinajstić information content (AvgIpc) is 2.28. The molecule has 0 aliphatic rings. The van der Waals surface area contributed by atoms with Crippen molar-refractivity contribution >= 4 is 17.9 Å². The first-order valence-corrected chi connectivity index (χ1v) is 5.63. The van der Waals surface area contributed by atoms with Crippen LogP contribution in [-0.2, 0) is 11.0 Å². The fraction of sp³-hybridized carbons (Fsp3) is 0.417. The Morgan fingerprint density at radius 1 is 1.24 bits per heavy atom. The van der Waals surface area contributed by atoms with E-state index >= 15 is 0 Å². The molecule has 0 amide bonds. The molecule has 17 heavy (non-hydrogen) atoms. The van der Waals surface area contributed by atoms with Crippen LogP contribution in [0.4, 0.5) is 13.2 Å². The molecule has 0 heterocycles. The van der Waals surface area contributed by atoms with Crippen molar-refractivity contribution in [3.63, 3.8) is 0 Å². The number of carbonyl (C=O) groups excluding carboxylic acids is 1.